The molecule has 0 heterocycles. The SMILES string of the molecule is Cc1cc(Cl)c(C(C)C)cc1OC(C(=O)NN)C(C)C. The first-order valence-electron chi connectivity index (χ1n) is 6.75. The molecule has 0 spiro atoms. The summed E-state index contributed by atoms with van der Waals surface area (Å²) >= 11 is 6.23. The summed E-state index contributed by atoms with van der Waals surface area (Å²) in [4.78, 5) is 11.8. The van der Waals surface area contributed by atoms with E-state index in [9.17, 15) is 4.79 Å². The molecule has 0 aliphatic carbocycles. The molecule has 0 saturated carbocycles. The van der Waals surface area contributed by atoms with Crippen LogP contribution in [0.5, 0.6) is 5.75 Å². The van der Waals surface area contributed by atoms with Crippen molar-refractivity contribution in [3.05, 3.63) is 28.3 Å². The van der Waals surface area contributed by atoms with Crippen LogP contribution >= 0.6 is 11.6 Å². The van der Waals surface area contributed by atoms with Gasteiger partial charge in [0.15, 0.2) is 6.10 Å². The fraction of sp³-hybridized carbons (Fsp3) is 0.533. The Kier molecular flexibility index (Phi) is 5.84. The number of nitrogens with one attached hydrogen (secondary N) is 1. The van der Waals surface area contributed by atoms with Crippen molar-refractivity contribution < 1.29 is 9.53 Å². The Morgan fingerprint density at radius 1 is 1.30 bits per heavy atom. The average Bonchev–Trinajstić information content (AvgIpc) is 2.36. The van der Waals surface area contributed by atoms with E-state index in [2.05, 4.69) is 19.3 Å². The van der Waals surface area contributed by atoms with Crippen LogP contribution in [0.2, 0.25) is 5.02 Å². The van der Waals surface area contributed by atoms with Crippen molar-refractivity contribution in [1.82, 2.24) is 5.43 Å². The summed E-state index contributed by atoms with van der Waals surface area (Å²) in [5.74, 6) is 5.83. The Balaban J connectivity index is 3.12. The Bertz CT molecular complexity index is 487. The summed E-state index contributed by atoms with van der Waals surface area (Å²) in [5, 5.41) is 0.717. The van der Waals surface area contributed by atoms with Crippen LogP contribution in [-0.4, -0.2) is 12.0 Å². The molecule has 4 nitrogen and oxygen atoms in total. The third-order valence-corrected chi connectivity index (χ3v) is 3.50. The Hall–Kier alpha value is -1.26. The molecular weight excluding hydrogens is 276 g/mol. The van der Waals surface area contributed by atoms with Crippen molar-refractivity contribution in [3.63, 3.8) is 0 Å². The van der Waals surface area contributed by atoms with Gasteiger partial charge < -0.3 is 4.74 Å². The molecule has 1 atom stereocenters. The lowest BCUT2D eigenvalue weighted by molar-refractivity contribution is -0.129. The predicted octanol–water partition coefficient (Wildman–Crippen LogP) is 3.17. The van der Waals surface area contributed by atoms with Gasteiger partial charge in [-0.25, -0.2) is 5.84 Å². The van der Waals surface area contributed by atoms with Gasteiger partial charge in [0, 0.05) is 5.02 Å². The van der Waals surface area contributed by atoms with Crippen LogP contribution in [-0.2, 0) is 4.79 Å². The largest absolute Gasteiger partial charge is 0.480 e. The van der Waals surface area contributed by atoms with Gasteiger partial charge in [-0.2, -0.15) is 0 Å². The number of rotatable bonds is 5. The van der Waals surface area contributed by atoms with Gasteiger partial charge in [-0.05, 0) is 42.0 Å². The number of halogens is 1. The molecule has 1 amide bonds. The fourth-order valence-electron chi connectivity index (χ4n) is 1.95. The highest BCUT2D eigenvalue weighted by Crippen LogP contribution is 2.32. The second-order valence-corrected chi connectivity index (χ2v) is 5.99. The van der Waals surface area contributed by atoms with Gasteiger partial charge in [0.2, 0.25) is 0 Å². The normalized spacial score (nSPS) is 12.7. The molecule has 0 bridgehead atoms. The van der Waals surface area contributed by atoms with Gasteiger partial charge in [0.1, 0.15) is 5.75 Å². The molecule has 0 aliphatic heterocycles. The number of aryl methyl sites for hydroxylation is 1. The monoisotopic (exact) mass is 298 g/mol. The molecule has 112 valence electrons. The molecular formula is C15H23ClN2O2. The number of carbonyl (C=O) groups is 1. The van der Waals surface area contributed by atoms with E-state index in [4.69, 9.17) is 22.2 Å². The first kappa shape index (κ1) is 16.8. The van der Waals surface area contributed by atoms with E-state index in [0.29, 0.717) is 10.8 Å². The summed E-state index contributed by atoms with van der Waals surface area (Å²) in [6.45, 7) is 9.85. The van der Waals surface area contributed by atoms with E-state index in [-0.39, 0.29) is 17.7 Å². The molecule has 0 aromatic heterocycles. The van der Waals surface area contributed by atoms with Crippen LogP contribution in [0.15, 0.2) is 12.1 Å². The summed E-state index contributed by atoms with van der Waals surface area (Å²) < 4.78 is 5.85. The zero-order chi connectivity index (χ0) is 15.4. The average molecular weight is 299 g/mol. The van der Waals surface area contributed by atoms with Crippen LogP contribution in [0.3, 0.4) is 0 Å². The maximum Gasteiger partial charge on any atom is 0.275 e. The van der Waals surface area contributed by atoms with Crippen LogP contribution in [0.25, 0.3) is 0 Å². The van der Waals surface area contributed by atoms with Crippen LogP contribution in [0.4, 0.5) is 0 Å². The molecule has 0 radical (unpaired) electrons. The van der Waals surface area contributed by atoms with Crippen molar-refractivity contribution in [2.45, 2.75) is 46.6 Å². The smallest absolute Gasteiger partial charge is 0.275 e. The standard InChI is InChI=1S/C15H23ClN2O2/c1-8(2)11-7-13(10(5)6-12(11)16)20-14(9(3)4)15(19)18-17/h6-9,14H,17H2,1-5H3,(H,18,19). The second kappa shape index (κ2) is 6.95. The number of nitrogens with two attached hydrogens (primary N) is 1. The van der Waals surface area contributed by atoms with Crippen LogP contribution in [0.1, 0.15) is 44.7 Å². The molecule has 1 unspecified atom stereocenters. The minimum Gasteiger partial charge on any atom is -0.480 e. The first-order valence-corrected chi connectivity index (χ1v) is 7.12. The number of amides is 1. The summed E-state index contributed by atoms with van der Waals surface area (Å²) in [7, 11) is 0. The van der Waals surface area contributed by atoms with Gasteiger partial charge in [0.25, 0.3) is 5.91 Å². The van der Waals surface area contributed by atoms with Crippen molar-refractivity contribution in [3.8, 4) is 5.75 Å². The zero-order valence-electron chi connectivity index (χ0n) is 12.7. The third-order valence-electron chi connectivity index (χ3n) is 3.18. The maximum atomic E-state index is 11.8. The maximum absolute atomic E-state index is 11.8. The molecule has 3 N–H and O–H groups in total. The summed E-state index contributed by atoms with van der Waals surface area (Å²) in [6, 6.07) is 3.77. The topological polar surface area (TPSA) is 64.3 Å². The molecule has 0 aliphatic rings. The molecule has 5 heteroatoms. The van der Waals surface area contributed by atoms with Crippen molar-refractivity contribution in [1.29, 1.82) is 0 Å². The number of ether oxygens (including phenoxy) is 1. The number of benzene rings is 1. The van der Waals surface area contributed by atoms with Crippen LogP contribution in [0, 0.1) is 12.8 Å². The Morgan fingerprint density at radius 2 is 1.90 bits per heavy atom. The fourth-order valence-corrected chi connectivity index (χ4v) is 2.39. The molecule has 0 saturated heterocycles. The molecule has 1 aromatic carbocycles. The van der Waals surface area contributed by atoms with E-state index in [0.717, 1.165) is 11.1 Å². The number of hydrazine groups is 1. The van der Waals surface area contributed by atoms with Crippen molar-refractivity contribution in [2.75, 3.05) is 0 Å². The molecule has 1 aromatic rings. The third kappa shape index (κ3) is 3.87. The van der Waals surface area contributed by atoms with E-state index in [1.165, 1.54) is 0 Å². The number of hydrogen-bond donors (Lipinski definition) is 2. The number of hydrogen-bond acceptors (Lipinski definition) is 3. The highest BCUT2D eigenvalue weighted by atomic mass is 35.5. The Morgan fingerprint density at radius 3 is 2.35 bits per heavy atom. The van der Waals surface area contributed by atoms with E-state index < -0.39 is 6.10 Å². The van der Waals surface area contributed by atoms with Crippen molar-refractivity contribution >= 4 is 17.5 Å². The van der Waals surface area contributed by atoms with Crippen LogP contribution < -0.4 is 16.0 Å². The van der Waals surface area contributed by atoms with E-state index in [1.54, 1.807) is 0 Å². The highest BCUT2D eigenvalue weighted by molar-refractivity contribution is 6.31. The number of carbonyl (C=O) groups excluding carboxylic acids is 1. The molecule has 0 fully saturated rings. The van der Waals surface area contributed by atoms with E-state index >= 15 is 0 Å². The lowest BCUT2D eigenvalue weighted by atomic mass is 10.0. The zero-order valence-corrected chi connectivity index (χ0v) is 13.4. The highest BCUT2D eigenvalue weighted by Gasteiger charge is 2.24. The first-order chi connectivity index (χ1) is 9.27. The predicted molar refractivity (Wildman–Crippen MR) is 81.9 cm³/mol. The Labute approximate surface area is 125 Å². The van der Waals surface area contributed by atoms with Gasteiger partial charge >= 0.3 is 0 Å². The van der Waals surface area contributed by atoms with Crippen molar-refractivity contribution in [2.24, 2.45) is 11.8 Å². The lowest BCUT2D eigenvalue weighted by Crippen LogP contribution is -2.44. The molecule has 20 heavy (non-hydrogen) atoms. The minimum atomic E-state index is -0.625. The molecule has 1 rings (SSSR count). The van der Waals surface area contributed by atoms with Gasteiger partial charge in [-0.1, -0.05) is 39.3 Å². The van der Waals surface area contributed by atoms with Gasteiger partial charge in [-0.15, -0.1) is 0 Å². The summed E-state index contributed by atoms with van der Waals surface area (Å²) in [6.07, 6.45) is -0.625. The quantitative estimate of drug-likeness (QED) is 0.498. The lowest BCUT2D eigenvalue weighted by Gasteiger charge is -2.23. The second-order valence-electron chi connectivity index (χ2n) is 5.58. The van der Waals surface area contributed by atoms with Gasteiger partial charge in [-0.3, -0.25) is 10.2 Å². The summed E-state index contributed by atoms with van der Waals surface area (Å²) in [5.41, 5.74) is 4.05. The van der Waals surface area contributed by atoms with Gasteiger partial charge in [0.05, 0.1) is 0 Å². The minimum absolute atomic E-state index is 0.0103. The van der Waals surface area contributed by atoms with E-state index in [1.807, 2.05) is 32.9 Å².